The lowest BCUT2D eigenvalue weighted by atomic mass is 10.0. The highest BCUT2D eigenvalue weighted by Crippen LogP contribution is 2.26. The second kappa shape index (κ2) is 13.2. The van der Waals surface area contributed by atoms with E-state index < -0.39 is 23.6 Å². The third-order valence-corrected chi connectivity index (χ3v) is 6.70. The lowest BCUT2D eigenvalue weighted by Gasteiger charge is -2.25. The number of halogens is 2. The molecule has 0 saturated carbocycles. The van der Waals surface area contributed by atoms with E-state index in [2.05, 4.69) is 47.7 Å². The molecule has 1 amide bonds. The Hall–Kier alpha value is -4.93. The van der Waals surface area contributed by atoms with E-state index in [0.717, 1.165) is 40.0 Å². The SMILES string of the molecule is C=C1N=C(C(=O)N[C@@H](C)c2ccc(F)c(F)c2)C(=NCc2ccc(-c3cnc4[nH]nc(NC)c4c3)cc2)NC1C.CC. The molecule has 1 aliphatic heterocycles. The summed E-state index contributed by atoms with van der Waals surface area (Å²) in [6, 6.07) is 12.6. The molecule has 4 aromatic rings. The van der Waals surface area contributed by atoms with Gasteiger partial charge in [-0.25, -0.2) is 18.8 Å². The molecule has 1 aliphatic rings. The summed E-state index contributed by atoms with van der Waals surface area (Å²) in [5.41, 5.74) is 4.56. The normalized spacial score (nSPS) is 16.3. The van der Waals surface area contributed by atoms with Gasteiger partial charge in [-0.1, -0.05) is 50.8 Å². The average molecular weight is 573 g/mol. The highest BCUT2D eigenvalue weighted by atomic mass is 19.2. The Labute approximate surface area is 243 Å². The number of pyridine rings is 1. The van der Waals surface area contributed by atoms with Crippen LogP contribution in [0.2, 0.25) is 0 Å². The molecule has 42 heavy (non-hydrogen) atoms. The molecule has 4 N–H and O–H groups in total. The maximum Gasteiger partial charge on any atom is 0.274 e. The van der Waals surface area contributed by atoms with Gasteiger partial charge in [-0.05, 0) is 48.7 Å². The third kappa shape index (κ3) is 6.51. The van der Waals surface area contributed by atoms with Crippen molar-refractivity contribution in [2.45, 2.75) is 46.3 Å². The molecule has 3 heterocycles. The molecule has 2 aromatic carbocycles. The number of anilines is 1. The van der Waals surface area contributed by atoms with Crippen LogP contribution in [0.25, 0.3) is 22.2 Å². The van der Waals surface area contributed by atoms with Crippen molar-refractivity contribution >= 4 is 34.3 Å². The van der Waals surface area contributed by atoms with Crippen LogP contribution in [0.15, 0.2) is 77.0 Å². The van der Waals surface area contributed by atoms with Gasteiger partial charge in [0.25, 0.3) is 5.91 Å². The van der Waals surface area contributed by atoms with Gasteiger partial charge >= 0.3 is 0 Å². The first-order valence-electron chi connectivity index (χ1n) is 13.7. The van der Waals surface area contributed by atoms with E-state index in [1.54, 1.807) is 13.1 Å². The van der Waals surface area contributed by atoms with Crippen molar-refractivity contribution in [2.24, 2.45) is 9.98 Å². The number of aliphatic imine (C=N–C) groups is 2. The molecule has 2 aromatic heterocycles. The lowest BCUT2D eigenvalue weighted by Crippen LogP contribution is -2.49. The Balaban J connectivity index is 0.00000198. The van der Waals surface area contributed by atoms with Crippen molar-refractivity contribution in [1.82, 2.24) is 25.8 Å². The molecule has 0 fully saturated rings. The predicted octanol–water partition coefficient (Wildman–Crippen LogP) is 5.69. The number of nitrogens with one attached hydrogen (secondary N) is 4. The zero-order valence-corrected chi connectivity index (χ0v) is 24.2. The van der Waals surface area contributed by atoms with Crippen LogP contribution in [0.3, 0.4) is 0 Å². The number of hydrogen-bond donors (Lipinski definition) is 4. The predicted molar refractivity (Wildman–Crippen MR) is 163 cm³/mol. The first-order chi connectivity index (χ1) is 20.2. The minimum atomic E-state index is -0.980. The third-order valence-electron chi connectivity index (χ3n) is 6.70. The molecule has 0 bridgehead atoms. The van der Waals surface area contributed by atoms with E-state index in [-0.39, 0.29) is 11.8 Å². The van der Waals surface area contributed by atoms with Crippen molar-refractivity contribution < 1.29 is 13.6 Å². The standard InChI is InChI=1S/C29H28F2N8O.C2H6/c1-15-16(2)36-28(25(35-15)29(40)37-17(3)20-9-10-23(30)24(31)12-20)33-13-18-5-7-19(8-6-18)21-11-22-26(32-4)38-39-27(22)34-14-21;1-2/h5-12,14,16-17H,1,13H2,2-4H3,(H,33,36)(H,37,40)(H2,32,34,38,39);1-2H3/t16?,17-;/m0./s1. The van der Waals surface area contributed by atoms with Gasteiger partial charge in [0, 0.05) is 18.8 Å². The highest BCUT2D eigenvalue weighted by Gasteiger charge is 2.27. The number of amidine groups is 1. The van der Waals surface area contributed by atoms with Gasteiger partial charge in [-0.2, -0.15) is 5.10 Å². The smallest absolute Gasteiger partial charge is 0.274 e. The zero-order chi connectivity index (χ0) is 30.4. The zero-order valence-electron chi connectivity index (χ0n) is 24.2. The monoisotopic (exact) mass is 572 g/mol. The number of benzene rings is 2. The summed E-state index contributed by atoms with van der Waals surface area (Å²) < 4.78 is 27.0. The van der Waals surface area contributed by atoms with Crippen LogP contribution >= 0.6 is 0 Å². The van der Waals surface area contributed by atoms with E-state index in [1.807, 2.05) is 58.2 Å². The summed E-state index contributed by atoms with van der Waals surface area (Å²) in [6.45, 7) is 11.8. The van der Waals surface area contributed by atoms with Gasteiger partial charge in [-0.15, -0.1) is 0 Å². The molecule has 218 valence electrons. The van der Waals surface area contributed by atoms with Gasteiger partial charge in [-0.3, -0.25) is 14.9 Å². The number of fused-ring (bicyclic) bond motifs is 1. The van der Waals surface area contributed by atoms with Crippen molar-refractivity contribution in [3.05, 3.63) is 89.8 Å². The number of aromatic nitrogens is 3. The first kappa shape index (κ1) is 30.0. The Morgan fingerprint density at radius 2 is 1.83 bits per heavy atom. The van der Waals surface area contributed by atoms with Crippen LogP contribution in [0.4, 0.5) is 14.6 Å². The van der Waals surface area contributed by atoms with Crippen LogP contribution in [0.5, 0.6) is 0 Å². The number of amides is 1. The van der Waals surface area contributed by atoms with Crippen molar-refractivity contribution in [1.29, 1.82) is 0 Å². The fourth-order valence-corrected chi connectivity index (χ4v) is 4.28. The van der Waals surface area contributed by atoms with E-state index in [0.29, 0.717) is 29.3 Å². The molecule has 0 aliphatic carbocycles. The molecule has 0 radical (unpaired) electrons. The summed E-state index contributed by atoms with van der Waals surface area (Å²) in [5.74, 6) is -1.38. The molecule has 0 spiro atoms. The summed E-state index contributed by atoms with van der Waals surface area (Å²) >= 11 is 0. The van der Waals surface area contributed by atoms with Gasteiger partial charge in [0.1, 0.15) is 0 Å². The molecule has 5 rings (SSSR count). The average Bonchev–Trinajstić information content (AvgIpc) is 3.42. The van der Waals surface area contributed by atoms with Crippen molar-refractivity contribution in [2.75, 3.05) is 12.4 Å². The Morgan fingerprint density at radius 3 is 2.52 bits per heavy atom. The second-order valence-corrected chi connectivity index (χ2v) is 9.49. The van der Waals surface area contributed by atoms with Crippen LogP contribution < -0.4 is 16.0 Å². The number of hydrogen-bond acceptors (Lipinski definition) is 6. The maximum atomic E-state index is 13.7. The second-order valence-electron chi connectivity index (χ2n) is 9.49. The molecule has 2 atom stereocenters. The van der Waals surface area contributed by atoms with E-state index in [1.165, 1.54) is 6.07 Å². The number of aromatic amines is 1. The van der Waals surface area contributed by atoms with E-state index in [9.17, 15) is 13.6 Å². The molecular formula is C31H34F2N8O. The number of nitrogens with zero attached hydrogens (tertiary/aromatic N) is 4. The minimum absolute atomic E-state index is 0.0778. The van der Waals surface area contributed by atoms with Gasteiger partial charge in [0.15, 0.2) is 34.6 Å². The molecule has 9 nitrogen and oxygen atoms in total. The topological polar surface area (TPSA) is 119 Å². The summed E-state index contributed by atoms with van der Waals surface area (Å²) in [5, 5.41) is 17.0. The van der Waals surface area contributed by atoms with Crippen LogP contribution in [-0.4, -0.2) is 45.7 Å². The maximum absolute atomic E-state index is 13.7. The highest BCUT2D eigenvalue weighted by molar-refractivity contribution is 6.67. The number of rotatable bonds is 7. The van der Waals surface area contributed by atoms with Crippen molar-refractivity contribution in [3.8, 4) is 11.1 Å². The van der Waals surface area contributed by atoms with Crippen LogP contribution in [-0.2, 0) is 11.3 Å². The summed E-state index contributed by atoms with van der Waals surface area (Å²) in [4.78, 5) is 26.6. The van der Waals surface area contributed by atoms with Crippen LogP contribution in [0, 0.1) is 11.6 Å². The lowest BCUT2D eigenvalue weighted by molar-refractivity contribution is -0.115. The number of carbonyl (C=O) groups is 1. The van der Waals surface area contributed by atoms with Crippen molar-refractivity contribution in [3.63, 3.8) is 0 Å². The van der Waals surface area contributed by atoms with E-state index >= 15 is 0 Å². The van der Waals surface area contributed by atoms with Gasteiger partial charge < -0.3 is 16.0 Å². The Kier molecular flexibility index (Phi) is 9.41. The fourth-order valence-electron chi connectivity index (χ4n) is 4.28. The number of H-pyrrole nitrogens is 1. The largest absolute Gasteiger partial charge is 0.371 e. The van der Waals surface area contributed by atoms with Gasteiger partial charge in [0.05, 0.1) is 29.7 Å². The molecule has 1 unspecified atom stereocenters. The Bertz CT molecular complexity index is 1660. The summed E-state index contributed by atoms with van der Waals surface area (Å²) in [7, 11) is 1.81. The number of carbonyl (C=O) groups excluding carboxylic acids is 1. The van der Waals surface area contributed by atoms with E-state index in [4.69, 9.17) is 0 Å². The molecule has 11 heteroatoms. The van der Waals surface area contributed by atoms with Crippen LogP contribution in [0.1, 0.15) is 44.9 Å². The summed E-state index contributed by atoms with van der Waals surface area (Å²) in [6.07, 6.45) is 1.79. The molecule has 0 saturated heterocycles. The molecular weight excluding hydrogens is 538 g/mol. The van der Waals surface area contributed by atoms with Gasteiger partial charge in [0.2, 0.25) is 0 Å². The fraction of sp³-hybridized carbons (Fsp3) is 0.258. The Morgan fingerprint density at radius 1 is 1.10 bits per heavy atom. The quantitative estimate of drug-likeness (QED) is 0.227. The minimum Gasteiger partial charge on any atom is -0.371 e. The first-order valence-corrected chi connectivity index (χ1v) is 13.7.